The summed E-state index contributed by atoms with van der Waals surface area (Å²) in [5.41, 5.74) is 8.61. The number of hydrogen-bond donors (Lipinski definition) is 3. The highest BCUT2D eigenvalue weighted by molar-refractivity contribution is 7.21. The zero-order valence-corrected chi connectivity index (χ0v) is 21.0. The van der Waals surface area contributed by atoms with Crippen LogP contribution in [0.1, 0.15) is 41.0 Å². The highest BCUT2D eigenvalue weighted by Crippen LogP contribution is 2.46. The number of urea groups is 1. The number of amides is 3. The molecule has 6 rings (SSSR count). The molecule has 1 unspecified atom stereocenters. The summed E-state index contributed by atoms with van der Waals surface area (Å²) in [4.78, 5) is 38.4. The highest BCUT2D eigenvalue weighted by atomic mass is 32.1. The van der Waals surface area contributed by atoms with Crippen molar-refractivity contribution >= 4 is 50.6 Å². The van der Waals surface area contributed by atoms with Gasteiger partial charge in [-0.1, -0.05) is 31.0 Å². The first-order valence-electron chi connectivity index (χ1n) is 12.3. The highest BCUT2D eigenvalue weighted by Gasteiger charge is 2.34. The molecule has 188 valence electrons. The van der Waals surface area contributed by atoms with Crippen molar-refractivity contribution in [1.29, 1.82) is 0 Å². The minimum Gasteiger partial charge on any atom is -0.439 e. The molecule has 1 fully saturated rings. The van der Waals surface area contributed by atoms with E-state index >= 15 is 0 Å². The van der Waals surface area contributed by atoms with E-state index in [1.54, 1.807) is 23.2 Å². The van der Waals surface area contributed by atoms with E-state index in [4.69, 9.17) is 10.5 Å². The number of pyridine rings is 2. The lowest BCUT2D eigenvalue weighted by atomic mass is 9.91. The van der Waals surface area contributed by atoms with E-state index in [1.165, 1.54) is 11.3 Å². The molecule has 0 spiro atoms. The number of aromatic nitrogens is 2. The number of aryl methyl sites for hydroxylation is 1. The molecule has 1 aliphatic heterocycles. The molecule has 1 saturated carbocycles. The topological polar surface area (TPSA) is 122 Å². The summed E-state index contributed by atoms with van der Waals surface area (Å²) in [5.74, 6) is 0.873. The molecule has 4 N–H and O–H groups in total. The van der Waals surface area contributed by atoms with E-state index in [0.29, 0.717) is 44.1 Å². The van der Waals surface area contributed by atoms with Crippen molar-refractivity contribution in [3.63, 3.8) is 0 Å². The first kappa shape index (κ1) is 23.4. The number of hydrogen-bond acceptors (Lipinski definition) is 7. The number of carbonyl (C=O) groups excluding carboxylic acids is 2. The van der Waals surface area contributed by atoms with Crippen molar-refractivity contribution < 1.29 is 14.3 Å². The third-order valence-corrected chi connectivity index (χ3v) is 7.92. The number of thiophene rings is 1. The van der Waals surface area contributed by atoms with Gasteiger partial charge in [0.05, 0.1) is 28.1 Å². The van der Waals surface area contributed by atoms with Crippen LogP contribution in [0.25, 0.3) is 10.2 Å². The van der Waals surface area contributed by atoms with E-state index in [9.17, 15) is 9.59 Å². The van der Waals surface area contributed by atoms with E-state index in [1.807, 2.05) is 43.3 Å². The summed E-state index contributed by atoms with van der Waals surface area (Å²) in [6.45, 7) is 1.83. The summed E-state index contributed by atoms with van der Waals surface area (Å²) in [7, 11) is 0. The molecule has 0 radical (unpaired) electrons. The van der Waals surface area contributed by atoms with Crippen LogP contribution in [0.15, 0.2) is 54.7 Å². The molecule has 0 saturated heterocycles. The summed E-state index contributed by atoms with van der Waals surface area (Å²) >= 11 is 1.27. The van der Waals surface area contributed by atoms with Gasteiger partial charge in [0.25, 0.3) is 5.91 Å². The minimum atomic E-state index is -0.372. The second-order valence-electron chi connectivity index (χ2n) is 9.28. The second kappa shape index (κ2) is 9.45. The molecule has 1 aromatic carbocycles. The maximum atomic E-state index is 13.4. The molecule has 2 atom stereocenters. The number of rotatable bonds is 5. The van der Waals surface area contributed by atoms with Crippen molar-refractivity contribution in [2.75, 3.05) is 10.2 Å². The second-order valence-corrected chi connectivity index (χ2v) is 10.3. The van der Waals surface area contributed by atoms with Crippen LogP contribution < -0.4 is 26.0 Å². The Morgan fingerprint density at radius 1 is 1.14 bits per heavy atom. The molecule has 1 aliphatic carbocycles. The van der Waals surface area contributed by atoms with Crippen LogP contribution in [-0.2, 0) is 0 Å². The molecular formula is C27H26N6O3S. The van der Waals surface area contributed by atoms with Gasteiger partial charge in [0.15, 0.2) is 0 Å². The molecular weight excluding hydrogens is 488 g/mol. The van der Waals surface area contributed by atoms with Gasteiger partial charge < -0.3 is 21.1 Å². The van der Waals surface area contributed by atoms with Crippen LogP contribution in [0.4, 0.5) is 21.9 Å². The fourth-order valence-electron chi connectivity index (χ4n) is 4.99. The summed E-state index contributed by atoms with van der Waals surface area (Å²) in [6.07, 6.45) is 5.52. The first-order valence-corrected chi connectivity index (χ1v) is 13.1. The molecule has 2 aliphatic rings. The summed E-state index contributed by atoms with van der Waals surface area (Å²) in [6, 6.07) is 14.2. The quantitative estimate of drug-likeness (QED) is 0.324. The Morgan fingerprint density at radius 2 is 1.95 bits per heavy atom. The van der Waals surface area contributed by atoms with E-state index in [-0.39, 0.29) is 24.0 Å². The van der Waals surface area contributed by atoms with E-state index in [0.717, 1.165) is 31.1 Å². The number of carbonyl (C=O) groups is 2. The fraction of sp³-hybridized carbons (Fsp3) is 0.259. The number of benzene rings is 1. The van der Waals surface area contributed by atoms with Crippen LogP contribution >= 0.6 is 11.3 Å². The van der Waals surface area contributed by atoms with Gasteiger partial charge in [0.1, 0.15) is 15.5 Å². The average molecular weight is 515 g/mol. The lowest BCUT2D eigenvalue weighted by Crippen LogP contribution is -2.49. The average Bonchev–Trinajstić information content (AvgIpc) is 3.26. The SMILES string of the molecule is Cc1nc(Oc2ccccc2)ccc1N1C(=O)Nc2c(C(=O)N[C@@H]3CCCCC3N)sc3nccc1c23. The van der Waals surface area contributed by atoms with Crippen LogP contribution in [0.5, 0.6) is 11.6 Å². The fourth-order valence-corrected chi connectivity index (χ4v) is 6.01. The molecule has 3 amide bonds. The van der Waals surface area contributed by atoms with Crippen molar-refractivity contribution in [3.8, 4) is 11.6 Å². The van der Waals surface area contributed by atoms with Gasteiger partial charge in [0.2, 0.25) is 5.88 Å². The Hall–Kier alpha value is -4.02. The van der Waals surface area contributed by atoms with Crippen LogP contribution in [0, 0.1) is 6.92 Å². The largest absolute Gasteiger partial charge is 0.439 e. The predicted octanol–water partition coefficient (Wildman–Crippen LogP) is 5.48. The van der Waals surface area contributed by atoms with Crippen LogP contribution in [0.3, 0.4) is 0 Å². The van der Waals surface area contributed by atoms with Gasteiger partial charge in [-0.3, -0.25) is 9.69 Å². The van der Waals surface area contributed by atoms with E-state index in [2.05, 4.69) is 20.6 Å². The Bertz CT molecular complexity index is 1510. The van der Waals surface area contributed by atoms with Crippen LogP contribution in [0.2, 0.25) is 0 Å². The van der Waals surface area contributed by atoms with Gasteiger partial charge in [-0.25, -0.2) is 14.8 Å². The molecule has 0 bridgehead atoms. The zero-order valence-electron chi connectivity index (χ0n) is 20.2. The smallest absolute Gasteiger partial charge is 0.331 e. The van der Waals surface area contributed by atoms with Crippen molar-refractivity contribution in [2.24, 2.45) is 5.73 Å². The third-order valence-electron chi connectivity index (χ3n) is 6.83. The van der Waals surface area contributed by atoms with Crippen molar-refractivity contribution in [1.82, 2.24) is 15.3 Å². The Labute approximate surface area is 217 Å². The predicted molar refractivity (Wildman–Crippen MR) is 144 cm³/mol. The molecule has 3 aromatic heterocycles. The third kappa shape index (κ3) is 4.28. The normalized spacial score (nSPS) is 19.0. The van der Waals surface area contributed by atoms with Gasteiger partial charge in [-0.05, 0) is 44.0 Å². The number of ether oxygens (including phenoxy) is 1. The molecule has 37 heavy (non-hydrogen) atoms. The summed E-state index contributed by atoms with van der Waals surface area (Å²) < 4.78 is 5.85. The lowest BCUT2D eigenvalue weighted by Gasteiger charge is -2.30. The van der Waals surface area contributed by atoms with Gasteiger partial charge in [-0.2, -0.15) is 0 Å². The molecule has 4 heterocycles. The molecule has 4 aromatic rings. The monoisotopic (exact) mass is 514 g/mol. The first-order chi connectivity index (χ1) is 18.0. The summed E-state index contributed by atoms with van der Waals surface area (Å²) in [5, 5.41) is 6.76. The number of anilines is 3. The Balaban J connectivity index is 1.34. The number of nitrogens with two attached hydrogens (primary N) is 1. The minimum absolute atomic E-state index is 0.0634. The van der Waals surface area contributed by atoms with Gasteiger partial charge in [0, 0.05) is 24.3 Å². The standard InChI is InChI=1S/C27H26N6O3S/c1-15-19(11-12-21(30-15)36-16-7-3-2-4-8-16)33-20-13-14-29-26-22(20)23(32-27(33)35)24(37-26)25(34)31-18-10-6-5-9-17(18)28/h2-4,7-8,11-14,17-18H,5-6,9-10,28H2,1H3,(H,31,34)(H,32,35)/t17?,18-/m1/s1. The number of nitrogens with one attached hydrogen (secondary N) is 2. The molecule has 10 heteroatoms. The number of para-hydroxylation sites is 1. The maximum Gasteiger partial charge on any atom is 0.331 e. The lowest BCUT2D eigenvalue weighted by molar-refractivity contribution is 0.0926. The van der Waals surface area contributed by atoms with Crippen molar-refractivity contribution in [2.45, 2.75) is 44.7 Å². The number of nitrogens with zero attached hydrogens (tertiary/aromatic N) is 3. The van der Waals surface area contributed by atoms with Gasteiger partial charge >= 0.3 is 6.03 Å². The maximum absolute atomic E-state index is 13.4. The van der Waals surface area contributed by atoms with Crippen LogP contribution in [-0.4, -0.2) is 34.0 Å². The zero-order chi connectivity index (χ0) is 25.5. The van der Waals surface area contributed by atoms with Gasteiger partial charge in [-0.15, -0.1) is 11.3 Å². The molecule has 9 nitrogen and oxygen atoms in total. The van der Waals surface area contributed by atoms with E-state index < -0.39 is 0 Å². The Morgan fingerprint density at radius 3 is 2.73 bits per heavy atom. The Kier molecular flexibility index (Phi) is 5.97. The van der Waals surface area contributed by atoms with Crippen molar-refractivity contribution in [3.05, 3.63) is 65.3 Å².